The molecule has 7 nitrogen and oxygen atoms in total. The molecular weight excluding hydrogens is 533 g/mol. The first-order valence-corrected chi connectivity index (χ1v) is 10.9. The summed E-state index contributed by atoms with van der Waals surface area (Å²) in [7, 11) is 4.15. The van der Waals surface area contributed by atoms with Crippen molar-refractivity contribution in [3.63, 3.8) is 0 Å². The molecule has 0 radical (unpaired) electrons. The number of alkyl halides is 2. The van der Waals surface area contributed by atoms with E-state index in [2.05, 4.69) is 34.6 Å². The normalized spacial score (nSPS) is 15.9. The maximum atomic E-state index is 12.9. The van der Waals surface area contributed by atoms with E-state index in [-0.39, 0.29) is 41.8 Å². The Bertz CT molecular complexity index is 702. The van der Waals surface area contributed by atoms with Crippen LogP contribution in [0.3, 0.4) is 0 Å². The zero-order valence-corrected chi connectivity index (χ0v) is 21.8. The summed E-state index contributed by atoms with van der Waals surface area (Å²) in [5.74, 6) is 1.21. The van der Waals surface area contributed by atoms with Gasteiger partial charge in [0, 0.05) is 43.5 Å². The molecule has 0 saturated carbocycles. The van der Waals surface area contributed by atoms with Crippen LogP contribution >= 0.6 is 24.0 Å². The monoisotopic (exact) mass is 570 g/mol. The van der Waals surface area contributed by atoms with Crippen molar-refractivity contribution in [2.24, 2.45) is 4.99 Å². The molecule has 0 amide bonds. The number of hydrogen-bond acceptors (Lipinski definition) is 5. The number of likely N-dealkylation sites (N-methyl/N-ethyl adjacent to an activating group) is 1. The quantitative estimate of drug-likeness (QED) is 0.240. The maximum absolute atomic E-state index is 12.9. The Labute approximate surface area is 207 Å². The van der Waals surface area contributed by atoms with Crippen molar-refractivity contribution in [3.8, 4) is 11.5 Å². The molecule has 1 aromatic carbocycles. The molecule has 2 N–H and O–H groups in total. The summed E-state index contributed by atoms with van der Waals surface area (Å²) in [6.45, 7) is 4.62. The molecule has 0 unspecified atom stereocenters. The van der Waals surface area contributed by atoms with Crippen LogP contribution in [0.15, 0.2) is 23.2 Å². The van der Waals surface area contributed by atoms with Gasteiger partial charge < -0.3 is 29.7 Å². The average molecular weight is 570 g/mol. The summed E-state index contributed by atoms with van der Waals surface area (Å²) < 4.78 is 41.6. The molecule has 0 bridgehead atoms. The highest BCUT2D eigenvalue weighted by molar-refractivity contribution is 14.0. The van der Waals surface area contributed by atoms with Crippen LogP contribution in [0, 0.1) is 0 Å². The van der Waals surface area contributed by atoms with Crippen molar-refractivity contribution in [3.05, 3.63) is 23.8 Å². The Hall–Kier alpha value is -1.40. The third-order valence-corrected chi connectivity index (χ3v) is 5.44. The summed E-state index contributed by atoms with van der Waals surface area (Å²) in [6, 6.07) is 4.97. The van der Waals surface area contributed by atoms with Crippen LogP contribution in [0.4, 0.5) is 8.78 Å². The zero-order chi connectivity index (χ0) is 22.7. The Morgan fingerprint density at radius 1 is 1.22 bits per heavy atom. The Morgan fingerprint density at radius 3 is 2.53 bits per heavy atom. The van der Waals surface area contributed by atoms with Gasteiger partial charge in [0.2, 0.25) is 0 Å². The fraction of sp³-hybridized carbons (Fsp3) is 0.682. The molecule has 1 aliphatic heterocycles. The van der Waals surface area contributed by atoms with Gasteiger partial charge >= 0.3 is 6.61 Å². The van der Waals surface area contributed by atoms with E-state index in [9.17, 15) is 8.78 Å². The van der Waals surface area contributed by atoms with Gasteiger partial charge in [-0.15, -0.1) is 24.0 Å². The minimum atomic E-state index is -2.91. The van der Waals surface area contributed by atoms with E-state index in [1.54, 1.807) is 12.1 Å². The lowest BCUT2D eigenvalue weighted by Gasteiger charge is -2.43. The topological polar surface area (TPSA) is 67.4 Å². The summed E-state index contributed by atoms with van der Waals surface area (Å²) >= 11 is 0. The molecule has 0 atom stereocenters. The Balaban J connectivity index is 0.00000512. The van der Waals surface area contributed by atoms with Gasteiger partial charge in [-0.25, -0.2) is 4.99 Å². The number of ether oxygens (including phenoxy) is 3. The minimum absolute atomic E-state index is 0. The van der Waals surface area contributed by atoms with E-state index in [1.807, 2.05) is 13.8 Å². The van der Waals surface area contributed by atoms with Crippen molar-refractivity contribution in [1.29, 1.82) is 0 Å². The van der Waals surface area contributed by atoms with Crippen LogP contribution in [0.25, 0.3) is 0 Å². The number of nitrogens with one attached hydrogen (secondary N) is 2. The molecule has 0 spiro atoms. The van der Waals surface area contributed by atoms with Crippen LogP contribution in [0.5, 0.6) is 11.5 Å². The first-order valence-electron chi connectivity index (χ1n) is 10.9. The zero-order valence-electron chi connectivity index (χ0n) is 19.5. The summed E-state index contributed by atoms with van der Waals surface area (Å²) in [6.07, 6.45) is 2.69. The Kier molecular flexibility index (Phi) is 13.1. The van der Waals surface area contributed by atoms with Gasteiger partial charge in [0.15, 0.2) is 5.96 Å². The molecular formula is C22H37F2IN4O3. The predicted octanol–water partition coefficient (Wildman–Crippen LogP) is 3.86. The lowest BCUT2D eigenvalue weighted by Crippen LogP contribution is -2.57. The molecule has 2 rings (SSSR count). The van der Waals surface area contributed by atoms with Gasteiger partial charge in [0.25, 0.3) is 0 Å². The molecule has 1 aromatic rings. The number of rotatable bonds is 11. The molecule has 1 fully saturated rings. The van der Waals surface area contributed by atoms with Gasteiger partial charge in [-0.1, -0.05) is 6.92 Å². The molecule has 0 aromatic heterocycles. The minimum Gasteiger partial charge on any atom is -0.493 e. The predicted molar refractivity (Wildman–Crippen MR) is 134 cm³/mol. The SMILES string of the molecule is CCCOc1ccc(CN=C(NCC)NCC2(N(C)C)CCOCC2)c(OC(F)F)c1.I. The second kappa shape index (κ2) is 14.7. The molecule has 10 heteroatoms. The van der Waals surface area contributed by atoms with Crippen molar-refractivity contribution in [1.82, 2.24) is 15.5 Å². The lowest BCUT2D eigenvalue weighted by atomic mass is 9.88. The number of halogens is 3. The molecule has 0 aliphatic carbocycles. The van der Waals surface area contributed by atoms with E-state index in [4.69, 9.17) is 14.2 Å². The van der Waals surface area contributed by atoms with E-state index < -0.39 is 6.61 Å². The van der Waals surface area contributed by atoms with Crippen LogP contribution in [0.1, 0.15) is 38.7 Å². The largest absolute Gasteiger partial charge is 0.493 e. The molecule has 1 saturated heterocycles. The standard InChI is InChI=1S/C22H36F2N4O3.HI/c1-5-11-30-18-8-7-17(19(14-18)31-20(23)24)15-26-21(25-6-2)27-16-22(28(3)4)9-12-29-13-10-22;/h7-8,14,20H,5-6,9-13,15-16H2,1-4H3,(H2,25,26,27);1H. The molecule has 32 heavy (non-hydrogen) atoms. The number of hydrogen-bond donors (Lipinski definition) is 2. The number of nitrogens with zero attached hydrogens (tertiary/aromatic N) is 2. The number of benzene rings is 1. The van der Waals surface area contributed by atoms with Gasteiger partial charge in [0.05, 0.1) is 13.2 Å². The first-order chi connectivity index (χ1) is 14.9. The highest BCUT2D eigenvalue weighted by Crippen LogP contribution is 2.28. The highest BCUT2D eigenvalue weighted by atomic mass is 127. The summed E-state index contributed by atoms with van der Waals surface area (Å²) in [5.41, 5.74) is 0.547. The fourth-order valence-corrected chi connectivity index (χ4v) is 3.47. The number of guanidine groups is 1. The van der Waals surface area contributed by atoms with Crippen molar-refractivity contribution >= 4 is 29.9 Å². The fourth-order valence-electron chi connectivity index (χ4n) is 3.47. The van der Waals surface area contributed by atoms with E-state index in [0.29, 0.717) is 37.0 Å². The summed E-state index contributed by atoms with van der Waals surface area (Å²) in [5, 5.41) is 6.63. The van der Waals surface area contributed by atoms with E-state index >= 15 is 0 Å². The van der Waals surface area contributed by atoms with Gasteiger partial charge in [0.1, 0.15) is 11.5 Å². The van der Waals surface area contributed by atoms with Crippen LogP contribution in [0.2, 0.25) is 0 Å². The van der Waals surface area contributed by atoms with E-state index in [0.717, 1.165) is 32.5 Å². The third kappa shape index (κ3) is 8.86. The average Bonchev–Trinajstić information content (AvgIpc) is 2.75. The maximum Gasteiger partial charge on any atom is 0.387 e. The van der Waals surface area contributed by atoms with Crippen LogP contribution in [-0.4, -0.2) is 70.0 Å². The van der Waals surface area contributed by atoms with Crippen LogP contribution < -0.4 is 20.1 Å². The van der Waals surface area contributed by atoms with Crippen molar-refractivity contribution in [2.45, 2.75) is 51.8 Å². The van der Waals surface area contributed by atoms with Crippen molar-refractivity contribution in [2.75, 3.05) is 47.0 Å². The van der Waals surface area contributed by atoms with Gasteiger partial charge in [-0.2, -0.15) is 8.78 Å². The summed E-state index contributed by atoms with van der Waals surface area (Å²) in [4.78, 5) is 6.83. The smallest absolute Gasteiger partial charge is 0.387 e. The highest BCUT2D eigenvalue weighted by Gasteiger charge is 2.34. The molecule has 1 heterocycles. The lowest BCUT2D eigenvalue weighted by molar-refractivity contribution is -0.0505. The molecule has 184 valence electrons. The second-order valence-corrected chi connectivity index (χ2v) is 7.78. The third-order valence-electron chi connectivity index (χ3n) is 5.44. The molecule has 1 aliphatic rings. The van der Waals surface area contributed by atoms with Gasteiger partial charge in [-0.3, -0.25) is 0 Å². The van der Waals surface area contributed by atoms with Gasteiger partial charge in [-0.05, 0) is 52.4 Å². The van der Waals surface area contributed by atoms with E-state index in [1.165, 1.54) is 6.07 Å². The second-order valence-electron chi connectivity index (χ2n) is 7.78. The van der Waals surface area contributed by atoms with Crippen molar-refractivity contribution < 1.29 is 23.0 Å². The number of aliphatic imine (C=N–C) groups is 1. The first kappa shape index (κ1) is 28.6. The Morgan fingerprint density at radius 2 is 1.94 bits per heavy atom. The van der Waals surface area contributed by atoms with Crippen LogP contribution in [-0.2, 0) is 11.3 Å².